The molecule has 11 nitrogen and oxygen atoms in total. The highest BCUT2D eigenvalue weighted by molar-refractivity contribution is 6.26. The summed E-state index contributed by atoms with van der Waals surface area (Å²) in [6, 6.07) is 13.5. The normalized spacial score (nSPS) is 18.4. The monoisotopic (exact) mass is 503 g/mol. The van der Waals surface area contributed by atoms with Crippen LogP contribution in [0.1, 0.15) is 32.3 Å². The Hall–Kier alpha value is -4.93. The fourth-order valence-corrected chi connectivity index (χ4v) is 4.90. The van der Waals surface area contributed by atoms with E-state index in [1.54, 1.807) is 42.5 Å². The van der Waals surface area contributed by atoms with E-state index in [1.165, 1.54) is 38.4 Å². The number of hydrogen-bond acceptors (Lipinski definition) is 8. The van der Waals surface area contributed by atoms with Gasteiger partial charge in [-0.3, -0.25) is 29.4 Å². The number of nitro groups is 1. The van der Waals surface area contributed by atoms with Gasteiger partial charge in [-0.15, -0.1) is 0 Å². The number of benzene rings is 3. The minimum absolute atomic E-state index is 0.119. The van der Waals surface area contributed by atoms with Gasteiger partial charge in [-0.1, -0.05) is 18.2 Å². The first kappa shape index (κ1) is 23.8. The third-order valence-electron chi connectivity index (χ3n) is 6.57. The molecule has 3 amide bonds. The molecule has 188 valence electrons. The van der Waals surface area contributed by atoms with E-state index in [9.17, 15) is 24.5 Å². The molecule has 0 N–H and O–H groups in total. The topological polar surface area (TPSA) is 129 Å². The fraction of sp³-hybridized carbons (Fsp3) is 0.192. The first-order chi connectivity index (χ1) is 17.8. The van der Waals surface area contributed by atoms with E-state index in [0.717, 1.165) is 11.0 Å². The van der Waals surface area contributed by atoms with Gasteiger partial charge in [-0.05, 0) is 36.4 Å². The lowest BCUT2D eigenvalue weighted by Crippen LogP contribution is -2.67. The molecular weight excluding hydrogens is 482 g/mol. The zero-order valence-corrected chi connectivity index (χ0v) is 20.0. The number of fused-ring (bicyclic) bond motifs is 1. The minimum Gasteiger partial charge on any atom is -0.497 e. The number of anilines is 1. The van der Waals surface area contributed by atoms with Crippen LogP contribution < -0.4 is 19.1 Å². The fourth-order valence-electron chi connectivity index (χ4n) is 4.90. The van der Waals surface area contributed by atoms with Crippen molar-refractivity contribution in [3.05, 3.63) is 87.5 Å². The molecule has 2 atom stereocenters. The number of β-lactam (4-membered cyclic amide) rings is 1. The first-order valence-electron chi connectivity index (χ1n) is 11.2. The number of nitro benzene ring substituents is 1. The molecule has 3 aromatic rings. The largest absolute Gasteiger partial charge is 0.497 e. The number of carbonyl (C=O) groups is 3. The van der Waals surface area contributed by atoms with Crippen LogP contribution in [0.25, 0.3) is 0 Å². The molecule has 1 fully saturated rings. The second-order valence-corrected chi connectivity index (χ2v) is 8.32. The molecule has 0 spiro atoms. The number of carbonyl (C=O) groups excluding carboxylic acids is 3. The molecule has 0 aliphatic carbocycles. The smallest absolute Gasteiger partial charge is 0.282 e. The Labute approximate surface area is 210 Å². The maximum absolute atomic E-state index is 13.6. The predicted molar refractivity (Wildman–Crippen MR) is 130 cm³/mol. The van der Waals surface area contributed by atoms with Gasteiger partial charge in [-0.25, -0.2) is 0 Å². The van der Waals surface area contributed by atoms with Gasteiger partial charge in [-0.2, -0.15) is 0 Å². The average molecular weight is 503 g/mol. The van der Waals surface area contributed by atoms with Crippen LogP contribution in [0.2, 0.25) is 0 Å². The Morgan fingerprint density at radius 1 is 0.784 bits per heavy atom. The number of imide groups is 1. The van der Waals surface area contributed by atoms with Crippen molar-refractivity contribution in [2.45, 2.75) is 12.1 Å². The number of rotatable bonds is 7. The van der Waals surface area contributed by atoms with Crippen LogP contribution in [0, 0.1) is 10.1 Å². The summed E-state index contributed by atoms with van der Waals surface area (Å²) < 4.78 is 16.2. The van der Waals surface area contributed by atoms with Crippen molar-refractivity contribution in [3.63, 3.8) is 0 Å². The Bertz CT molecular complexity index is 1450. The Morgan fingerprint density at radius 2 is 1.49 bits per heavy atom. The van der Waals surface area contributed by atoms with E-state index in [0.29, 0.717) is 28.5 Å². The number of amides is 3. The van der Waals surface area contributed by atoms with Crippen LogP contribution >= 0.6 is 0 Å². The molecule has 0 aromatic heterocycles. The van der Waals surface area contributed by atoms with Gasteiger partial charge in [0.25, 0.3) is 23.4 Å². The van der Waals surface area contributed by atoms with Crippen molar-refractivity contribution in [3.8, 4) is 17.2 Å². The predicted octanol–water partition coefficient (Wildman–Crippen LogP) is 3.37. The van der Waals surface area contributed by atoms with E-state index in [4.69, 9.17) is 14.2 Å². The molecule has 0 saturated carbocycles. The van der Waals surface area contributed by atoms with Crippen LogP contribution in [0.4, 0.5) is 11.4 Å². The summed E-state index contributed by atoms with van der Waals surface area (Å²) in [5, 5.41) is 11.6. The highest BCUT2D eigenvalue weighted by Gasteiger charge is 2.59. The second-order valence-electron chi connectivity index (χ2n) is 8.32. The van der Waals surface area contributed by atoms with Gasteiger partial charge >= 0.3 is 0 Å². The zero-order valence-electron chi connectivity index (χ0n) is 20.0. The lowest BCUT2D eigenvalue weighted by Gasteiger charge is -2.50. The quantitative estimate of drug-likeness (QED) is 0.208. The highest BCUT2D eigenvalue weighted by Crippen LogP contribution is 2.49. The number of ether oxygens (including phenoxy) is 3. The molecule has 2 heterocycles. The van der Waals surface area contributed by atoms with Crippen molar-refractivity contribution in [1.82, 2.24) is 4.90 Å². The average Bonchev–Trinajstić information content (AvgIpc) is 3.16. The Balaban J connectivity index is 1.65. The second kappa shape index (κ2) is 8.94. The molecular formula is C26H21N3O8. The molecule has 37 heavy (non-hydrogen) atoms. The van der Waals surface area contributed by atoms with Crippen molar-refractivity contribution in [2.75, 3.05) is 26.2 Å². The molecule has 11 heteroatoms. The van der Waals surface area contributed by atoms with Crippen LogP contribution in [0.5, 0.6) is 17.2 Å². The maximum Gasteiger partial charge on any atom is 0.282 e. The summed E-state index contributed by atoms with van der Waals surface area (Å²) in [5.74, 6) is -0.900. The van der Waals surface area contributed by atoms with Crippen LogP contribution in [-0.2, 0) is 4.79 Å². The van der Waals surface area contributed by atoms with Crippen LogP contribution in [-0.4, -0.2) is 54.9 Å². The van der Waals surface area contributed by atoms with Gasteiger partial charge in [0, 0.05) is 17.3 Å². The number of methoxy groups -OCH3 is 3. The highest BCUT2D eigenvalue weighted by atomic mass is 16.6. The van der Waals surface area contributed by atoms with Gasteiger partial charge in [0.2, 0.25) is 0 Å². The molecule has 2 aliphatic heterocycles. The van der Waals surface area contributed by atoms with Crippen molar-refractivity contribution >= 4 is 29.1 Å². The zero-order chi connectivity index (χ0) is 26.4. The molecule has 3 aromatic carbocycles. The minimum atomic E-state index is -1.27. The summed E-state index contributed by atoms with van der Waals surface area (Å²) >= 11 is 0. The number of para-hydroxylation sites is 1. The molecule has 5 rings (SSSR count). The molecule has 2 aliphatic rings. The lowest BCUT2D eigenvalue weighted by molar-refractivity contribution is -0.385. The molecule has 1 saturated heterocycles. The van der Waals surface area contributed by atoms with E-state index < -0.39 is 40.4 Å². The van der Waals surface area contributed by atoms with Crippen molar-refractivity contribution in [2.24, 2.45) is 0 Å². The molecule has 0 bridgehead atoms. The third-order valence-corrected chi connectivity index (χ3v) is 6.57. The van der Waals surface area contributed by atoms with Crippen molar-refractivity contribution < 1.29 is 33.5 Å². The van der Waals surface area contributed by atoms with E-state index >= 15 is 0 Å². The first-order valence-corrected chi connectivity index (χ1v) is 11.2. The summed E-state index contributed by atoms with van der Waals surface area (Å²) in [7, 11) is 4.43. The van der Waals surface area contributed by atoms with Gasteiger partial charge in [0.15, 0.2) is 11.5 Å². The van der Waals surface area contributed by atoms with Crippen LogP contribution in [0.15, 0.2) is 60.7 Å². The number of nitrogens with zero attached hydrogens (tertiary/aromatic N) is 3. The molecule has 2 unspecified atom stereocenters. The van der Waals surface area contributed by atoms with Crippen molar-refractivity contribution in [1.29, 1.82) is 0 Å². The standard InChI is InChI=1S/C26H21N3O8/c1-35-15-12-10-14(11-13-15)27-21(17-7-5-9-19(36-2)23(17)37-3)22(26(27)32)28-24(30)16-6-4-8-18(29(33)34)20(16)25(28)31/h4-13,21-22H,1-3H3. The van der Waals surface area contributed by atoms with E-state index in [2.05, 4.69) is 0 Å². The van der Waals surface area contributed by atoms with E-state index in [-0.39, 0.29) is 11.1 Å². The van der Waals surface area contributed by atoms with Crippen LogP contribution in [0.3, 0.4) is 0 Å². The summed E-state index contributed by atoms with van der Waals surface area (Å²) in [4.78, 5) is 53.6. The summed E-state index contributed by atoms with van der Waals surface area (Å²) in [6.45, 7) is 0. The van der Waals surface area contributed by atoms with Gasteiger partial charge < -0.3 is 19.1 Å². The lowest BCUT2D eigenvalue weighted by atomic mass is 9.85. The number of hydrogen-bond donors (Lipinski definition) is 0. The SMILES string of the molecule is COc1ccc(N2C(=O)C(N3C(=O)c4cccc([N+](=O)[O-])c4C3=O)C2c2cccc(OC)c2OC)cc1. The summed E-state index contributed by atoms with van der Waals surface area (Å²) in [5.41, 5.74) is 0.0521. The maximum atomic E-state index is 13.6. The van der Waals surface area contributed by atoms with Gasteiger partial charge in [0.1, 0.15) is 17.4 Å². The Kier molecular flexibility index (Phi) is 5.75. The third kappa shape index (κ3) is 3.46. The Morgan fingerprint density at radius 3 is 2.11 bits per heavy atom. The molecule has 0 radical (unpaired) electrons. The van der Waals surface area contributed by atoms with Gasteiger partial charge in [0.05, 0.1) is 37.9 Å². The summed E-state index contributed by atoms with van der Waals surface area (Å²) in [6.07, 6.45) is 0. The van der Waals surface area contributed by atoms with E-state index in [1.807, 2.05) is 0 Å².